The molecule has 0 bridgehead atoms. The highest BCUT2D eigenvalue weighted by Gasteiger charge is 2.18. The monoisotopic (exact) mass is 304 g/mol. The van der Waals surface area contributed by atoms with Crippen LogP contribution in [-0.2, 0) is 0 Å². The molecule has 112 valence electrons. The third-order valence-electron chi connectivity index (χ3n) is 3.57. The molecule has 4 nitrogen and oxygen atoms in total. The van der Waals surface area contributed by atoms with Crippen molar-refractivity contribution >= 4 is 23.1 Å². The van der Waals surface area contributed by atoms with Crippen LogP contribution in [-0.4, -0.2) is 23.1 Å². The van der Waals surface area contributed by atoms with E-state index in [1.54, 1.807) is 23.5 Å². The topological polar surface area (TPSA) is 53.4 Å². The average molecular weight is 304 g/mol. The summed E-state index contributed by atoms with van der Waals surface area (Å²) in [5, 5.41) is 11.3. The molecule has 1 unspecified atom stereocenters. The van der Waals surface area contributed by atoms with Crippen molar-refractivity contribution in [3.05, 3.63) is 45.8 Å². The number of carbonyl (C=O) groups is 1. The Morgan fingerprint density at radius 3 is 2.57 bits per heavy atom. The fraction of sp³-hybridized carbons (Fsp3) is 0.375. The summed E-state index contributed by atoms with van der Waals surface area (Å²) in [5.74, 6) is -0.0364. The van der Waals surface area contributed by atoms with Crippen LogP contribution in [0, 0.1) is 0 Å². The van der Waals surface area contributed by atoms with Crippen LogP contribution in [0.3, 0.4) is 0 Å². The van der Waals surface area contributed by atoms with E-state index in [4.69, 9.17) is 0 Å². The van der Waals surface area contributed by atoms with Gasteiger partial charge in [0.2, 0.25) is 0 Å². The molecule has 0 aliphatic carbocycles. The zero-order chi connectivity index (χ0) is 15.6. The van der Waals surface area contributed by atoms with Gasteiger partial charge in [0.15, 0.2) is 0 Å². The number of anilines is 1. The number of carboxylic acid groups (broad SMARTS) is 1. The lowest BCUT2D eigenvalue weighted by Crippen LogP contribution is -2.23. The maximum atomic E-state index is 11.3. The van der Waals surface area contributed by atoms with Crippen LogP contribution in [0.5, 0.6) is 0 Å². The molecule has 0 amide bonds. The molecule has 0 radical (unpaired) electrons. The highest BCUT2D eigenvalue weighted by molar-refractivity contribution is 7.10. The first kappa shape index (κ1) is 15.5. The zero-order valence-corrected chi connectivity index (χ0v) is 13.5. The second-order valence-electron chi connectivity index (χ2n) is 5.40. The maximum absolute atomic E-state index is 11.3. The molecule has 0 saturated heterocycles. The van der Waals surface area contributed by atoms with Gasteiger partial charge in [-0.25, -0.2) is 9.78 Å². The first-order valence-corrected chi connectivity index (χ1v) is 7.79. The van der Waals surface area contributed by atoms with Gasteiger partial charge in [0, 0.05) is 17.6 Å². The van der Waals surface area contributed by atoms with Crippen molar-refractivity contribution in [1.29, 1.82) is 0 Å². The van der Waals surface area contributed by atoms with Gasteiger partial charge >= 0.3 is 5.97 Å². The molecule has 5 heteroatoms. The lowest BCUT2D eigenvalue weighted by molar-refractivity contribution is 0.0696. The predicted molar refractivity (Wildman–Crippen MR) is 86.4 cm³/mol. The van der Waals surface area contributed by atoms with E-state index in [1.807, 2.05) is 37.2 Å². The minimum atomic E-state index is -0.919. The van der Waals surface area contributed by atoms with Crippen LogP contribution in [0.25, 0.3) is 0 Å². The molecule has 2 rings (SSSR count). The molecule has 1 N–H and O–H groups in total. The standard InChI is InChI=1S/C16H20N2O2S/c1-10(2)13-8-12(16(19)20)9-15(17-13)18(4)11(3)14-6-5-7-21-14/h5-11H,1-4H3,(H,19,20). The van der Waals surface area contributed by atoms with Gasteiger partial charge in [0.25, 0.3) is 0 Å². The summed E-state index contributed by atoms with van der Waals surface area (Å²) in [5.41, 5.74) is 1.09. The number of aromatic carboxylic acids is 1. The van der Waals surface area contributed by atoms with Crippen molar-refractivity contribution in [3.8, 4) is 0 Å². The van der Waals surface area contributed by atoms with Crippen LogP contribution < -0.4 is 4.90 Å². The number of hydrogen-bond donors (Lipinski definition) is 1. The minimum Gasteiger partial charge on any atom is -0.478 e. The van der Waals surface area contributed by atoms with E-state index in [9.17, 15) is 9.90 Å². The fourth-order valence-electron chi connectivity index (χ4n) is 2.06. The SMILES string of the molecule is CC(C)c1cc(C(=O)O)cc(N(C)C(C)c2cccs2)n1. The minimum absolute atomic E-state index is 0.154. The van der Waals surface area contributed by atoms with Crippen LogP contribution in [0.15, 0.2) is 29.6 Å². The van der Waals surface area contributed by atoms with Crippen LogP contribution in [0.1, 0.15) is 53.7 Å². The number of carboxylic acids is 1. The average Bonchev–Trinajstić information content (AvgIpc) is 2.99. The highest BCUT2D eigenvalue weighted by Crippen LogP contribution is 2.28. The van der Waals surface area contributed by atoms with Gasteiger partial charge in [0.05, 0.1) is 11.6 Å². The van der Waals surface area contributed by atoms with Gasteiger partial charge in [-0.15, -0.1) is 11.3 Å². The van der Waals surface area contributed by atoms with E-state index in [1.165, 1.54) is 4.88 Å². The van der Waals surface area contributed by atoms with E-state index < -0.39 is 5.97 Å². The van der Waals surface area contributed by atoms with Gasteiger partial charge in [-0.3, -0.25) is 0 Å². The Hall–Kier alpha value is -1.88. The number of aromatic nitrogens is 1. The molecule has 0 saturated carbocycles. The second kappa shape index (κ2) is 6.26. The Morgan fingerprint density at radius 2 is 2.05 bits per heavy atom. The first-order chi connectivity index (χ1) is 9.90. The predicted octanol–water partition coefficient (Wildman–Crippen LogP) is 4.16. The first-order valence-electron chi connectivity index (χ1n) is 6.91. The molecule has 0 spiro atoms. The Balaban J connectivity index is 2.40. The summed E-state index contributed by atoms with van der Waals surface area (Å²) in [7, 11) is 1.95. The number of hydrogen-bond acceptors (Lipinski definition) is 4. The molecule has 0 aliphatic rings. The van der Waals surface area contributed by atoms with Crippen molar-refractivity contribution < 1.29 is 9.90 Å². The van der Waals surface area contributed by atoms with Crippen LogP contribution in [0.2, 0.25) is 0 Å². The van der Waals surface area contributed by atoms with Gasteiger partial charge in [-0.05, 0) is 36.4 Å². The molecule has 0 fully saturated rings. The Bertz CT molecular complexity index is 623. The molecular weight excluding hydrogens is 284 g/mol. The molecule has 0 aromatic carbocycles. The van der Waals surface area contributed by atoms with E-state index >= 15 is 0 Å². The largest absolute Gasteiger partial charge is 0.478 e. The van der Waals surface area contributed by atoms with Crippen molar-refractivity contribution in [2.24, 2.45) is 0 Å². The quantitative estimate of drug-likeness (QED) is 0.901. The molecule has 0 aliphatic heterocycles. The molecule has 2 aromatic heterocycles. The number of nitrogens with zero attached hydrogens (tertiary/aromatic N) is 2. The normalized spacial score (nSPS) is 12.4. The van der Waals surface area contributed by atoms with Gasteiger partial charge in [-0.2, -0.15) is 0 Å². The van der Waals surface area contributed by atoms with Crippen molar-refractivity contribution in [2.45, 2.75) is 32.7 Å². The van der Waals surface area contributed by atoms with Crippen LogP contribution >= 0.6 is 11.3 Å². The van der Waals surface area contributed by atoms with Gasteiger partial charge in [-0.1, -0.05) is 19.9 Å². The maximum Gasteiger partial charge on any atom is 0.335 e. The van der Waals surface area contributed by atoms with E-state index in [0.29, 0.717) is 5.82 Å². The van der Waals surface area contributed by atoms with Crippen molar-refractivity contribution in [2.75, 3.05) is 11.9 Å². The molecule has 1 atom stereocenters. The summed E-state index contributed by atoms with van der Waals surface area (Å²) in [6, 6.07) is 7.54. The van der Waals surface area contributed by atoms with E-state index in [2.05, 4.69) is 18.0 Å². The molecule has 21 heavy (non-hydrogen) atoms. The van der Waals surface area contributed by atoms with Crippen molar-refractivity contribution in [1.82, 2.24) is 4.98 Å². The number of thiophene rings is 1. The zero-order valence-electron chi connectivity index (χ0n) is 12.7. The molecule has 2 heterocycles. The van der Waals surface area contributed by atoms with Crippen molar-refractivity contribution in [3.63, 3.8) is 0 Å². The number of pyridine rings is 1. The molecular formula is C16H20N2O2S. The summed E-state index contributed by atoms with van der Waals surface area (Å²) >= 11 is 1.69. The van der Waals surface area contributed by atoms with E-state index in [0.717, 1.165) is 5.69 Å². The Kier molecular flexibility index (Phi) is 4.63. The van der Waals surface area contributed by atoms with Crippen LogP contribution in [0.4, 0.5) is 5.82 Å². The summed E-state index contributed by atoms with van der Waals surface area (Å²) in [4.78, 5) is 19.2. The lowest BCUT2D eigenvalue weighted by Gasteiger charge is -2.26. The second-order valence-corrected chi connectivity index (χ2v) is 6.38. The third-order valence-corrected chi connectivity index (χ3v) is 4.61. The highest BCUT2D eigenvalue weighted by atomic mass is 32.1. The Labute approximate surface area is 129 Å². The Morgan fingerprint density at radius 1 is 1.33 bits per heavy atom. The van der Waals surface area contributed by atoms with Gasteiger partial charge < -0.3 is 10.0 Å². The summed E-state index contributed by atoms with van der Waals surface area (Å²) in [6.45, 7) is 6.12. The molecule has 2 aromatic rings. The summed E-state index contributed by atoms with van der Waals surface area (Å²) < 4.78 is 0. The number of rotatable bonds is 5. The smallest absolute Gasteiger partial charge is 0.335 e. The van der Waals surface area contributed by atoms with E-state index in [-0.39, 0.29) is 17.5 Å². The lowest BCUT2D eigenvalue weighted by atomic mass is 10.1. The fourth-order valence-corrected chi connectivity index (χ4v) is 2.88. The third kappa shape index (κ3) is 3.42. The van der Waals surface area contributed by atoms with Gasteiger partial charge in [0.1, 0.15) is 5.82 Å². The summed E-state index contributed by atoms with van der Waals surface area (Å²) in [6.07, 6.45) is 0.